The fraction of sp³-hybridized carbons (Fsp3) is 0.947. The van der Waals surface area contributed by atoms with Crippen LogP contribution in [0, 0.1) is 5.92 Å². The van der Waals surface area contributed by atoms with Crippen LogP contribution >= 0.6 is 0 Å². The van der Waals surface area contributed by atoms with Gasteiger partial charge in [-0.1, -0.05) is 52.9 Å². The number of unbranched alkanes of at least 4 members (excludes halogenated alkanes) is 4. The average Bonchev–Trinajstić information content (AvgIpc) is 2.52. The molecule has 0 radical (unpaired) electrons. The summed E-state index contributed by atoms with van der Waals surface area (Å²) in [6.45, 7) is 9.87. The third-order valence-electron chi connectivity index (χ3n) is 3.62. The molecule has 0 amide bonds. The Labute approximate surface area is 143 Å². The lowest BCUT2D eigenvalue weighted by Gasteiger charge is -2.07. The van der Waals surface area contributed by atoms with E-state index in [9.17, 15) is 4.79 Å². The van der Waals surface area contributed by atoms with Gasteiger partial charge in [0.05, 0.1) is 19.8 Å². The molecule has 23 heavy (non-hydrogen) atoms. The van der Waals surface area contributed by atoms with E-state index < -0.39 is 0 Å². The molecule has 0 bridgehead atoms. The predicted molar refractivity (Wildman–Crippen MR) is 94.7 cm³/mol. The predicted octanol–water partition coefficient (Wildman–Crippen LogP) is 4.75. The topological polar surface area (TPSA) is 44.8 Å². The summed E-state index contributed by atoms with van der Waals surface area (Å²) in [5.41, 5.74) is 0. The zero-order valence-electron chi connectivity index (χ0n) is 15.6. The van der Waals surface area contributed by atoms with Crippen LogP contribution in [0.15, 0.2) is 0 Å². The molecule has 0 saturated heterocycles. The maximum absolute atomic E-state index is 11.5. The van der Waals surface area contributed by atoms with Gasteiger partial charge >= 0.3 is 5.97 Å². The minimum absolute atomic E-state index is 0.102. The molecular formula is C19H38O4. The van der Waals surface area contributed by atoms with Crippen molar-refractivity contribution >= 4 is 5.97 Å². The van der Waals surface area contributed by atoms with Gasteiger partial charge in [-0.25, -0.2) is 0 Å². The van der Waals surface area contributed by atoms with E-state index in [0.717, 1.165) is 44.6 Å². The number of rotatable bonds is 17. The summed E-state index contributed by atoms with van der Waals surface area (Å²) in [5, 5.41) is 0. The first-order valence-corrected chi connectivity index (χ1v) is 9.48. The van der Waals surface area contributed by atoms with Crippen LogP contribution in [0.25, 0.3) is 0 Å². The second-order valence-electron chi connectivity index (χ2n) is 6.50. The molecular weight excluding hydrogens is 292 g/mol. The van der Waals surface area contributed by atoms with E-state index in [0.29, 0.717) is 32.8 Å². The SMILES string of the molecule is CCCCOCCOCCCC(=O)OCCCCCCC(C)C. The van der Waals surface area contributed by atoms with Crippen molar-refractivity contribution in [1.29, 1.82) is 0 Å². The first-order chi connectivity index (χ1) is 11.2. The van der Waals surface area contributed by atoms with Crippen molar-refractivity contribution in [3.05, 3.63) is 0 Å². The Morgan fingerprint density at radius 1 is 0.783 bits per heavy atom. The van der Waals surface area contributed by atoms with Gasteiger partial charge in [0.1, 0.15) is 0 Å². The van der Waals surface area contributed by atoms with E-state index in [1.54, 1.807) is 0 Å². The number of carbonyl (C=O) groups excluding carboxylic acids is 1. The highest BCUT2D eigenvalue weighted by molar-refractivity contribution is 5.69. The Kier molecular flexibility index (Phi) is 17.3. The molecule has 0 N–H and O–H groups in total. The molecule has 0 aliphatic carbocycles. The maximum Gasteiger partial charge on any atom is 0.305 e. The lowest BCUT2D eigenvalue weighted by Crippen LogP contribution is -2.09. The van der Waals surface area contributed by atoms with Gasteiger partial charge in [-0.05, 0) is 25.2 Å². The molecule has 0 aromatic carbocycles. The molecule has 0 aliphatic rings. The van der Waals surface area contributed by atoms with Gasteiger partial charge in [-0.2, -0.15) is 0 Å². The minimum Gasteiger partial charge on any atom is -0.466 e. The van der Waals surface area contributed by atoms with Crippen LogP contribution < -0.4 is 0 Å². The summed E-state index contributed by atoms with van der Waals surface area (Å²) in [6, 6.07) is 0. The Morgan fingerprint density at radius 2 is 1.43 bits per heavy atom. The van der Waals surface area contributed by atoms with Gasteiger partial charge in [0.2, 0.25) is 0 Å². The Bertz CT molecular complexity index is 254. The molecule has 4 heteroatoms. The number of carbonyl (C=O) groups is 1. The molecule has 0 unspecified atom stereocenters. The highest BCUT2D eigenvalue weighted by Crippen LogP contribution is 2.09. The standard InChI is InChI=1S/C19H38O4/c1-4-5-13-21-16-17-22-14-10-12-19(20)23-15-9-7-6-8-11-18(2)3/h18H,4-17H2,1-3H3. The average molecular weight is 331 g/mol. The smallest absolute Gasteiger partial charge is 0.305 e. The van der Waals surface area contributed by atoms with E-state index in [1.807, 2.05) is 0 Å². The molecule has 138 valence electrons. The molecule has 0 aromatic heterocycles. The molecule has 0 spiro atoms. The highest BCUT2D eigenvalue weighted by atomic mass is 16.5. The number of ether oxygens (including phenoxy) is 3. The molecule has 0 aliphatic heterocycles. The summed E-state index contributed by atoms with van der Waals surface area (Å²) < 4.78 is 16.0. The van der Waals surface area contributed by atoms with E-state index in [1.165, 1.54) is 19.3 Å². The molecule has 0 saturated carbocycles. The molecule has 0 fully saturated rings. The molecule has 4 nitrogen and oxygen atoms in total. The maximum atomic E-state index is 11.5. The van der Waals surface area contributed by atoms with Crippen molar-refractivity contribution in [1.82, 2.24) is 0 Å². The van der Waals surface area contributed by atoms with Gasteiger partial charge in [0.25, 0.3) is 0 Å². The summed E-state index contributed by atoms with van der Waals surface area (Å²) in [7, 11) is 0. The van der Waals surface area contributed by atoms with Crippen LogP contribution in [0.5, 0.6) is 0 Å². The molecule has 0 aromatic rings. The van der Waals surface area contributed by atoms with Crippen molar-refractivity contribution in [2.24, 2.45) is 5.92 Å². The highest BCUT2D eigenvalue weighted by Gasteiger charge is 2.02. The number of hydrogen-bond acceptors (Lipinski definition) is 4. The van der Waals surface area contributed by atoms with Gasteiger partial charge < -0.3 is 14.2 Å². The first-order valence-electron chi connectivity index (χ1n) is 9.48. The van der Waals surface area contributed by atoms with Crippen LogP contribution in [0.3, 0.4) is 0 Å². The van der Waals surface area contributed by atoms with Crippen LogP contribution in [-0.4, -0.2) is 39.0 Å². The lowest BCUT2D eigenvalue weighted by atomic mass is 10.0. The monoisotopic (exact) mass is 330 g/mol. The first kappa shape index (κ1) is 22.4. The summed E-state index contributed by atoms with van der Waals surface area (Å²) in [4.78, 5) is 11.5. The third-order valence-corrected chi connectivity index (χ3v) is 3.62. The van der Waals surface area contributed by atoms with Gasteiger partial charge in [0.15, 0.2) is 0 Å². The second-order valence-corrected chi connectivity index (χ2v) is 6.50. The van der Waals surface area contributed by atoms with Crippen molar-refractivity contribution < 1.29 is 19.0 Å². The second kappa shape index (κ2) is 17.7. The Hall–Kier alpha value is -0.610. The van der Waals surface area contributed by atoms with Gasteiger partial charge in [0, 0.05) is 19.6 Å². The summed E-state index contributed by atoms with van der Waals surface area (Å²) in [5.74, 6) is 0.688. The van der Waals surface area contributed by atoms with Crippen LogP contribution in [0.4, 0.5) is 0 Å². The van der Waals surface area contributed by atoms with Crippen molar-refractivity contribution in [2.45, 2.75) is 78.6 Å². The van der Waals surface area contributed by atoms with E-state index in [-0.39, 0.29) is 5.97 Å². The van der Waals surface area contributed by atoms with Crippen LogP contribution in [0.2, 0.25) is 0 Å². The van der Waals surface area contributed by atoms with E-state index >= 15 is 0 Å². The molecule has 0 heterocycles. The van der Waals surface area contributed by atoms with Gasteiger partial charge in [-0.3, -0.25) is 4.79 Å². The zero-order chi connectivity index (χ0) is 17.2. The normalized spacial score (nSPS) is 11.1. The molecule has 0 atom stereocenters. The number of esters is 1. The van der Waals surface area contributed by atoms with Crippen molar-refractivity contribution in [3.8, 4) is 0 Å². The fourth-order valence-corrected chi connectivity index (χ4v) is 2.15. The zero-order valence-corrected chi connectivity index (χ0v) is 15.6. The van der Waals surface area contributed by atoms with E-state index in [2.05, 4.69) is 20.8 Å². The third kappa shape index (κ3) is 19.3. The van der Waals surface area contributed by atoms with E-state index in [4.69, 9.17) is 14.2 Å². The van der Waals surface area contributed by atoms with Crippen molar-refractivity contribution in [2.75, 3.05) is 33.0 Å². The largest absolute Gasteiger partial charge is 0.466 e. The fourth-order valence-electron chi connectivity index (χ4n) is 2.15. The van der Waals surface area contributed by atoms with Gasteiger partial charge in [-0.15, -0.1) is 0 Å². The number of hydrogen-bond donors (Lipinski definition) is 0. The molecule has 0 rings (SSSR count). The Morgan fingerprint density at radius 3 is 2.09 bits per heavy atom. The van der Waals surface area contributed by atoms with Crippen LogP contribution in [-0.2, 0) is 19.0 Å². The van der Waals surface area contributed by atoms with Crippen LogP contribution in [0.1, 0.15) is 78.6 Å². The minimum atomic E-state index is -0.102. The summed E-state index contributed by atoms with van der Waals surface area (Å²) >= 11 is 0. The Balaban J connectivity index is 3.16. The summed E-state index contributed by atoms with van der Waals surface area (Å²) in [6.07, 6.45) is 9.38. The lowest BCUT2D eigenvalue weighted by molar-refractivity contribution is -0.144. The van der Waals surface area contributed by atoms with Crippen molar-refractivity contribution in [3.63, 3.8) is 0 Å². The quantitative estimate of drug-likeness (QED) is 0.285.